The summed E-state index contributed by atoms with van der Waals surface area (Å²) < 4.78 is 5.18. The maximum atomic E-state index is 11.6. The van der Waals surface area contributed by atoms with Crippen LogP contribution in [-0.2, 0) is 16.1 Å². The SMILES string of the molecule is N#Cc1cccc(COC(=O)CSc2ccccc2)c1. The molecule has 0 bridgehead atoms. The topological polar surface area (TPSA) is 50.1 Å². The third-order valence-electron chi connectivity index (χ3n) is 2.56. The minimum atomic E-state index is -0.263. The van der Waals surface area contributed by atoms with Crippen molar-refractivity contribution in [1.82, 2.24) is 0 Å². The molecule has 0 saturated heterocycles. The number of hydrogen-bond donors (Lipinski definition) is 0. The summed E-state index contributed by atoms with van der Waals surface area (Å²) in [5.74, 6) is 0.0170. The largest absolute Gasteiger partial charge is 0.460 e. The van der Waals surface area contributed by atoms with Gasteiger partial charge in [0.25, 0.3) is 0 Å². The van der Waals surface area contributed by atoms with E-state index in [-0.39, 0.29) is 18.3 Å². The summed E-state index contributed by atoms with van der Waals surface area (Å²) >= 11 is 1.44. The average molecular weight is 283 g/mol. The summed E-state index contributed by atoms with van der Waals surface area (Å²) in [6.07, 6.45) is 0. The molecular weight excluding hydrogens is 270 g/mol. The standard InChI is InChI=1S/C16H13NO2S/c17-10-13-5-4-6-14(9-13)11-19-16(18)12-20-15-7-2-1-3-8-15/h1-9H,11-12H2. The van der Waals surface area contributed by atoms with Crippen LogP contribution in [0.25, 0.3) is 0 Å². The lowest BCUT2D eigenvalue weighted by Crippen LogP contribution is -2.07. The number of hydrogen-bond acceptors (Lipinski definition) is 4. The quantitative estimate of drug-likeness (QED) is 0.623. The van der Waals surface area contributed by atoms with Gasteiger partial charge in [-0.15, -0.1) is 11.8 Å². The molecule has 2 aromatic rings. The minimum Gasteiger partial charge on any atom is -0.460 e. The van der Waals surface area contributed by atoms with Crippen LogP contribution in [0.15, 0.2) is 59.5 Å². The van der Waals surface area contributed by atoms with Gasteiger partial charge in [0.05, 0.1) is 17.4 Å². The Morgan fingerprint density at radius 1 is 1.15 bits per heavy atom. The molecule has 0 aliphatic rings. The number of nitriles is 1. The van der Waals surface area contributed by atoms with Gasteiger partial charge in [-0.1, -0.05) is 30.3 Å². The number of nitrogens with zero attached hydrogens (tertiary/aromatic N) is 1. The zero-order valence-electron chi connectivity index (χ0n) is 10.8. The van der Waals surface area contributed by atoms with Crippen LogP contribution in [0.2, 0.25) is 0 Å². The highest BCUT2D eigenvalue weighted by Crippen LogP contribution is 2.17. The fraction of sp³-hybridized carbons (Fsp3) is 0.125. The van der Waals surface area contributed by atoms with Crippen LogP contribution in [0.5, 0.6) is 0 Å². The van der Waals surface area contributed by atoms with Crippen molar-refractivity contribution in [3.05, 3.63) is 65.7 Å². The molecule has 0 spiro atoms. The summed E-state index contributed by atoms with van der Waals surface area (Å²) in [7, 11) is 0. The molecule has 0 aliphatic carbocycles. The summed E-state index contributed by atoms with van der Waals surface area (Å²) in [6.45, 7) is 0.198. The predicted molar refractivity (Wildman–Crippen MR) is 78.1 cm³/mol. The first kappa shape index (κ1) is 14.2. The van der Waals surface area contributed by atoms with Gasteiger partial charge in [-0.2, -0.15) is 5.26 Å². The van der Waals surface area contributed by atoms with Crippen LogP contribution < -0.4 is 0 Å². The first-order valence-electron chi connectivity index (χ1n) is 6.10. The van der Waals surface area contributed by atoms with Crippen molar-refractivity contribution in [3.8, 4) is 6.07 Å². The normalized spacial score (nSPS) is 9.75. The van der Waals surface area contributed by atoms with E-state index in [9.17, 15) is 4.79 Å². The van der Waals surface area contributed by atoms with Gasteiger partial charge in [-0.25, -0.2) is 0 Å². The van der Waals surface area contributed by atoms with Gasteiger partial charge in [-0.3, -0.25) is 4.79 Å². The Morgan fingerprint density at radius 2 is 1.95 bits per heavy atom. The van der Waals surface area contributed by atoms with Crippen LogP contribution in [-0.4, -0.2) is 11.7 Å². The number of thioether (sulfide) groups is 1. The van der Waals surface area contributed by atoms with Crippen molar-refractivity contribution >= 4 is 17.7 Å². The zero-order chi connectivity index (χ0) is 14.2. The Labute approximate surface area is 122 Å². The third-order valence-corrected chi connectivity index (χ3v) is 3.54. The van der Waals surface area contributed by atoms with E-state index in [4.69, 9.17) is 10.00 Å². The molecule has 0 aromatic heterocycles. The van der Waals surface area contributed by atoms with Crippen molar-refractivity contribution in [3.63, 3.8) is 0 Å². The average Bonchev–Trinajstić information content (AvgIpc) is 2.52. The van der Waals surface area contributed by atoms with Gasteiger partial charge in [0, 0.05) is 4.90 Å². The number of esters is 1. The molecule has 0 atom stereocenters. The maximum Gasteiger partial charge on any atom is 0.316 e. The highest BCUT2D eigenvalue weighted by atomic mass is 32.2. The number of ether oxygens (including phenoxy) is 1. The van der Waals surface area contributed by atoms with E-state index in [0.717, 1.165) is 10.5 Å². The highest BCUT2D eigenvalue weighted by molar-refractivity contribution is 8.00. The molecule has 2 aromatic carbocycles. The molecule has 3 nitrogen and oxygen atoms in total. The molecule has 0 heterocycles. The highest BCUT2D eigenvalue weighted by Gasteiger charge is 2.05. The van der Waals surface area contributed by atoms with E-state index in [1.54, 1.807) is 18.2 Å². The first-order chi connectivity index (χ1) is 9.78. The molecule has 0 fully saturated rings. The van der Waals surface area contributed by atoms with E-state index in [0.29, 0.717) is 5.56 Å². The molecule has 0 amide bonds. The Morgan fingerprint density at radius 3 is 2.70 bits per heavy atom. The van der Waals surface area contributed by atoms with Gasteiger partial charge in [0.15, 0.2) is 0 Å². The molecule has 0 radical (unpaired) electrons. The molecule has 0 unspecified atom stereocenters. The van der Waals surface area contributed by atoms with E-state index >= 15 is 0 Å². The lowest BCUT2D eigenvalue weighted by Gasteiger charge is -2.05. The van der Waals surface area contributed by atoms with Crippen LogP contribution in [0.1, 0.15) is 11.1 Å². The van der Waals surface area contributed by atoms with Crippen LogP contribution in [0.3, 0.4) is 0 Å². The van der Waals surface area contributed by atoms with Crippen molar-refractivity contribution in [1.29, 1.82) is 5.26 Å². The monoisotopic (exact) mass is 283 g/mol. The van der Waals surface area contributed by atoms with Crippen molar-refractivity contribution < 1.29 is 9.53 Å². The summed E-state index contributed by atoms with van der Waals surface area (Å²) in [4.78, 5) is 12.7. The molecular formula is C16H13NO2S. The molecule has 0 aliphatic heterocycles. The molecule has 0 saturated carbocycles. The lowest BCUT2D eigenvalue weighted by molar-refractivity contribution is -0.141. The van der Waals surface area contributed by atoms with Gasteiger partial charge < -0.3 is 4.74 Å². The van der Waals surface area contributed by atoms with Crippen molar-refractivity contribution in [2.75, 3.05) is 5.75 Å². The second-order valence-corrected chi connectivity index (χ2v) is 5.12. The molecule has 20 heavy (non-hydrogen) atoms. The predicted octanol–water partition coefficient (Wildman–Crippen LogP) is 3.39. The molecule has 100 valence electrons. The summed E-state index contributed by atoms with van der Waals surface area (Å²) in [6, 6.07) is 18.8. The molecule has 0 N–H and O–H groups in total. The second kappa shape index (κ2) is 7.37. The van der Waals surface area contributed by atoms with Gasteiger partial charge in [-0.05, 0) is 29.8 Å². The number of benzene rings is 2. The van der Waals surface area contributed by atoms with Crippen LogP contribution >= 0.6 is 11.8 Å². The van der Waals surface area contributed by atoms with Crippen LogP contribution in [0, 0.1) is 11.3 Å². The third kappa shape index (κ3) is 4.45. The lowest BCUT2D eigenvalue weighted by atomic mass is 10.1. The minimum absolute atomic E-state index is 0.198. The van der Waals surface area contributed by atoms with E-state index in [2.05, 4.69) is 6.07 Å². The number of rotatable bonds is 5. The first-order valence-corrected chi connectivity index (χ1v) is 7.09. The number of carbonyl (C=O) groups excluding carboxylic acids is 1. The maximum absolute atomic E-state index is 11.6. The van der Waals surface area contributed by atoms with Crippen molar-refractivity contribution in [2.24, 2.45) is 0 Å². The van der Waals surface area contributed by atoms with Crippen LogP contribution in [0.4, 0.5) is 0 Å². The fourth-order valence-corrected chi connectivity index (χ4v) is 2.31. The summed E-state index contributed by atoms with van der Waals surface area (Å²) in [5.41, 5.74) is 1.39. The van der Waals surface area contributed by atoms with E-state index in [1.165, 1.54) is 11.8 Å². The Balaban J connectivity index is 1.79. The molecule has 4 heteroatoms. The van der Waals surface area contributed by atoms with E-state index in [1.807, 2.05) is 36.4 Å². The molecule has 2 rings (SSSR count). The zero-order valence-corrected chi connectivity index (χ0v) is 11.6. The smallest absolute Gasteiger partial charge is 0.316 e. The summed E-state index contributed by atoms with van der Waals surface area (Å²) in [5, 5.41) is 8.79. The van der Waals surface area contributed by atoms with Gasteiger partial charge in [0.1, 0.15) is 6.61 Å². The Kier molecular flexibility index (Phi) is 5.22. The van der Waals surface area contributed by atoms with Crippen molar-refractivity contribution in [2.45, 2.75) is 11.5 Å². The second-order valence-electron chi connectivity index (χ2n) is 4.07. The Hall–Kier alpha value is -2.25. The van der Waals surface area contributed by atoms with Gasteiger partial charge >= 0.3 is 5.97 Å². The van der Waals surface area contributed by atoms with E-state index < -0.39 is 0 Å². The fourth-order valence-electron chi connectivity index (χ4n) is 1.60. The number of carbonyl (C=O) groups is 1. The Bertz CT molecular complexity index is 620. The van der Waals surface area contributed by atoms with Gasteiger partial charge in [0.2, 0.25) is 0 Å².